The second-order valence-corrected chi connectivity index (χ2v) is 7.83. The van der Waals surface area contributed by atoms with Gasteiger partial charge in [-0.15, -0.1) is 0 Å². The van der Waals surface area contributed by atoms with Crippen molar-refractivity contribution in [3.05, 3.63) is 64.2 Å². The summed E-state index contributed by atoms with van der Waals surface area (Å²) in [5, 5.41) is 14.2. The van der Waals surface area contributed by atoms with Crippen molar-refractivity contribution in [2.45, 2.75) is 38.8 Å². The van der Waals surface area contributed by atoms with E-state index in [9.17, 15) is 9.59 Å². The van der Waals surface area contributed by atoms with Gasteiger partial charge in [0, 0.05) is 44.2 Å². The minimum absolute atomic E-state index is 0.165. The number of piperidine rings is 1. The molecule has 0 aromatic heterocycles. The van der Waals surface area contributed by atoms with Crippen molar-refractivity contribution in [1.82, 2.24) is 10.2 Å². The van der Waals surface area contributed by atoms with Gasteiger partial charge < -0.3 is 15.5 Å². The van der Waals surface area contributed by atoms with Gasteiger partial charge in [0.1, 0.15) is 5.67 Å². The second kappa shape index (κ2) is 9.17. The Bertz CT molecular complexity index is 1020. The molecular weight excluding hydrogens is 395 g/mol. The maximum atomic E-state index is 15.5. The van der Waals surface area contributed by atoms with E-state index in [2.05, 4.69) is 10.6 Å². The van der Waals surface area contributed by atoms with E-state index < -0.39 is 5.67 Å². The summed E-state index contributed by atoms with van der Waals surface area (Å²) in [4.78, 5) is 26.7. The van der Waals surface area contributed by atoms with Crippen LogP contribution in [-0.2, 0) is 12.1 Å². The van der Waals surface area contributed by atoms with E-state index in [1.54, 1.807) is 35.2 Å². The number of aryl methyl sites for hydroxylation is 2. The predicted molar refractivity (Wildman–Crippen MR) is 118 cm³/mol. The molecule has 0 spiro atoms. The van der Waals surface area contributed by atoms with Crippen molar-refractivity contribution < 1.29 is 14.0 Å². The van der Waals surface area contributed by atoms with Crippen LogP contribution in [-0.4, -0.2) is 37.0 Å². The minimum atomic E-state index is -1.52. The van der Waals surface area contributed by atoms with Crippen molar-refractivity contribution in [3.63, 3.8) is 0 Å². The van der Waals surface area contributed by atoms with Gasteiger partial charge in [-0.2, -0.15) is 5.26 Å². The molecule has 1 aliphatic heterocycles. The Morgan fingerprint density at radius 1 is 1.19 bits per heavy atom. The summed E-state index contributed by atoms with van der Waals surface area (Å²) in [6.45, 7) is 4.45. The van der Waals surface area contributed by atoms with E-state index in [1.807, 2.05) is 26.0 Å². The Kier molecular flexibility index (Phi) is 6.59. The fourth-order valence-electron chi connectivity index (χ4n) is 3.96. The monoisotopic (exact) mass is 422 g/mol. The van der Waals surface area contributed by atoms with Crippen molar-refractivity contribution in [2.75, 3.05) is 25.5 Å². The normalized spacial score (nSPS) is 15.1. The standard InChI is InChI=1S/C24H27FN4O2/c1-4-18-13-16(2)20(14-21(18)28-23(31)27-3)22(30)29-11-9-24(25,10-12-29)19-7-5-17(15-26)6-8-19/h5-8,13-14H,4,9-12H2,1-3H3,(H2,27,28,31). The Labute approximate surface area is 182 Å². The van der Waals surface area contributed by atoms with E-state index in [0.29, 0.717) is 41.9 Å². The minimum Gasteiger partial charge on any atom is -0.341 e. The Morgan fingerprint density at radius 2 is 1.84 bits per heavy atom. The molecule has 162 valence electrons. The van der Waals surface area contributed by atoms with Gasteiger partial charge in [0.25, 0.3) is 5.91 Å². The quantitative estimate of drug-likeness (QED) is 0.771. The number of halogens is 1. The van der Waals surface area contributed by atoms with Gasteiger partial charge in [-0.05, 0) is 48.2 Å². The third kappa shape index (κ3) is 4.69. The van der Waals surface area contributed by atoms with Crippen LogP contribution < -0.4 is 10.6 Å². The molecule has 0 atom stereocenters. The molecule has 7 heteroatoms. The molecule has 2 aromatic carbocycles. The number of nitrogens with zero attached hydrogens (tertiary/aromatic N) is 2. The summed E-state index contributed by atoms with van der Waals surface area (Å²) in [6, 6.07) is 11.9. The number of carbonyl (C=O) groups excluding carboxylic acids is 2. The average molecular weight is 423 g/mol. The summed E-state index contributed by atoms with van der Waals surface area (Å²) in [5.74, 6) is -0.165. The van der Waals surface area contributed by atoms with Gasteiger partial charge in [-0.3, -0.25) is 4.79 Å². The topological polar surface area (TPSA) is 85.2 Å². The van der Waals surface area contributed by atoms with Gasteiger partial charge in [0.05, 0.1) is 11.6 Å². The first kappa shape index (κ1) is 22.3. The molecule has 6 nitrogen and oxygen atoms in total. The second-order valence-electron chi connectivity index (χ2n) is 7.83. The molecule has 1 fully saturated rings. The van der Waals surface area contributed by atoms with Crippen LogP contribution in [0.2, 0.25) is 0 Å². The zero-order valence-electron chi connectivity index (χ0n) is 18.1. The van der Waals surface area contributed by atoms with Crippen molar-refractivity contribution in [2.24, 2.45) is 0 Å². The highest BCUT2D eigenvalue weighted by Gasteiger charge is 2.38. The van der Waals surface area contributed by atoms with Crippen LogP contribution in [0, 0.1) is 18.3 Å². The number of amides is 3. The SMILES string of the molecule is CCc1cc(C)c(C(=O)N2CCC(F)(c3ccc(C#N)cc3)CC2)cc1NC(=O)NC. The number of hydrogen-bond donors (Lipinski definition) is 2. The average Bonchev–Trinajstić information content (AvgIpc) is 2.79. The van der Waals surface area contributed by atoms with Crippen molar-refractivity contribution in [3.8, 4) is 6.07 Å². The van der Waals surface area contributed by atoms with Gasteiger partial charge in [0.15, 0.2) is 0 Å². The van der Waals surface area contributed by atoms with Gasteiger partial charge in [0.2, 0.25) is 0 Å². The Hall–Kier alpha value is -3.40. The first-order valence-electron chi connectivity index (χ1n) is 10.4. The molecule has 0 radical (unpaired) electrons. The number of urea groups is 1. The van der Waals surface area contributed by atoms with E-state index in [-0.39, 0.29) is 24.8 Å². The number of likely N-dealkylation sites (tertiary alicyclic amines) is 1. The number of hydrogen-bond acceptors (Lipinski definition) is 3. The fourth-order valence-corrected chi connectivity index (χ4v) is 3.96. The third-order valence-corrected chi connectivity index (χ3v) is 5.91. The highest BCUT2D eigenvalue weighted by Crippen LogP contribution is 2.37. The summed E-state index contributed by atoms with van der Waals surface area (Å²) < 4.78 is 15.5. The lowest BCUT2D eigenvalue weighted by atomic mass is 9.85. The largest absolute Gasteiger partial charge is 0.341 e. The van der Waals surface area contributed by atoms with Crippen LogP contribution in [0.1, 0.15) is 52.4 Å². The molecule has 2 N–H and O–H groups in total. The fraction of sp³-hybridized carbons (Fsp3) is 0.375. The molecule has 1 heterocycles. The summed E-state index contributed by atoms with van der Waals surface area (Å²) in [5.41, 5.74) is 2.40. The summed E-state index contributed by atoms with van der Waals surface area (Å²) in [7, 11) is 1.53. The lowest BCUT2D eigenvalue weighted by Crippen LogP contribution is -2.43. The van der Waals surface area contributed by atoms with E-state index in [1.165, 1.54) is 7.05 Å². The van der Waals surface area contributed by atoms with E-state index in [0.717, 1.165) is 11.1 Å². The van der Waals surface area contributed by atoms with Crippen LogP contribution in [0.25, 0.3) is 0 Å². The first-order valence-corrected chi connectivity index (χ1v) is 10.4. The van der Waals surface area contributed by atoms with Gasteiger partial charge >= 0.3 is 6.03 Å². The molecule has 0 aliphatic carbocycles. The lowest BCUT2D eigenvalue weighted by Gasteiger charge is -2.37. The molecular formula is C24H27FN4O2. The number of benzene rings is 2. The molecule has 3 amide bonds. The zero-order chi connectivity index (χ0) is 22.6. The molecule has 31 heavy (non-hydrogen) atoms. The summed E-state index contributed by atoms with van der Waals surface area (Å²) >= 11 is 0. The first-order chi connectivity index (χ1) is 14.8. The van der Waals surface area contributed by atoms with E-state index >= 15 is 4.39 Å². The molecule has 0 saturated carbocycles. The maximum Gasteiger partial charge on any atom is 0.318 e. The number of anilines is 1. The third-order valence-electron chi connectivity index (χ3n) is 5.91. The number of nitriles is 1. The van der Waals surface area contributed by atoms with Gasteiger partial charge in [-0.1, -0.05) is 25.1 Å². The highest BCUT2D eigenvalue weighted by molar-refractivity contribution is 5.98. The highest BCUT2D eigenvalue weighted by atomic mass is 19.1. The predicted octanol–water partition coefficient (Wildman–Crippen LogP) is 4.28. The maximum absolute atomic E-state index is 15.5. The molecule has 1 saturated heterocycles. The Balaban J connectivity index is 1.77. The van der Waals surface area contributed by atoms with Crippen LogP contribution >= 0.6 is 0 Å². The molecule has 2 aromatic rings. The Morgan fingerprint density at radius 3 is 2.39 bits per heavy atom. The van der Waals surface area contributed by atoms with Crippen LogP contribution in [0.5, 0.6) is 0 Å². The van der Waals surface area contributed by atoms with Crippen LogP contribution in [0.3, 0.4) is 0 Å². The molecule has 1 aliphatic rings. The smallest absolute Gasteiger partial charge is 0.318 e. The van der Waals surface area contributed by atoms with Crippen molar-refractivity contribution >= 4 is 17.6 Å². The van der Waals surface area contributed by atoms with Crippen LogP contribution in [0.15, 0.2) is 36.4 Å². The van der Waals surface area contributed by atoms with Crippen LogP contribution in [0.4, 0.5) is 14.9 Å². The summed E-state index contributed by atoms with van der Waals surface area (Å²) in [6.07, 6.45) is 1.10. The molecule has 3 rings (SSSR count). The molecule has 0 unspecified atom stereocenters. The lowest BCUT2D eigenvalue weighted by molar-refractivity contribution is 0.0421. The van der Waals surface area contributed by atoms with E-state index in [4.69, 9.17) is 5.26 Å². The molecule has 0 bridgehead atoms. The van der Waals surface area contributed by atoms with Gasteiger partial charge in [-0.25, -0.2) is 9.18 Å². The number of nitrogens with one attached hydrogen (secondary N) is 2. The number of alkyl halides is 1. The van der Waals surface area contributed by atoms with Crippen molar-refractivity contribution in [1.29, 1.82) is 5.26 Å². The zero-order valence-corrected chi connectivity index (χ0v) is 18.1. The number of carbonyl (C=O) groups is 2. The number of rotatable bonds is 4.